The molecule has 1 aromatic heterocycles. The van der Waals surface area contributed by atoms with E-state index < -0.39 is 0 Å². The van der Waals surface area contributed by atoms with Crippen molar-refractivity contribution in [3.8, 4) is 0 Å². The van der Waals surface area contributed by atoms with Crippen LogP contribution in [-0.4, -0.2) is 51.7 Å². The number of carbonyl (C=O) groups excluding carboxylic acids is 1. The standard InChI is InChI=1S/C18H23BrN4O/c1-14-4-3-5-16(10-14)12-21-6-8-22(9-7-21)18(24)15(2)23-13-17(19)11-20-23/h3-5,10-11,13,15H,6-9,12H2,1-2H3. The van der Waals surface area contributed by atoms with Crippen molar-refractivity contribution in [3.63, 3.8) is 0 Å². The highest BCUT2D eigenvalue weighted by atomic mass is 79.9. The Labute approximate surface area is 151 Å². The molecule has 0 N–H and O–H groups in total. The molecule has 1 fully saturated rings. The molecule has 0 radical (unpaired) electrons. The molecule has 0 bridgehead atoms. The van der Waals surface area contributed by atoms with Crippen LogP contribution in [0.2, 0.25) is 0 Å². The van der Waals surface area contributed by atoms with Crippen LogP contribution in [0.1, 0.15) is 24.1 Å². The van der Waals surface area contributed by atoms with Gasteiger partial charge in [-0.25, -0.2) is 0 Å². The zero-order chi connectivity index (χ0) is 17.1. The van der Waals surface area contributed by atoms with Gasteiger partial charge in [-0.15, -0.1) is 0 Å². The van der Waals surface area contributed by atoms with Crippen molar-refractivity contribution >= 4 is 21.8 Å². The zero-order valence-corrected chi connectivity index (χ0v) is 15.7. The summed E-state index contributed by atoms with van der Waals surface area (Å²) in [5.41, 5.74) is 2.63. The van der Waals surface area contributed by atoms with Gasteiger partial charge in [0.15, 0.2) is 0 Å². The third-order valence-electron chi connectivity index (χ3n) is 4.50. The van der Waals surface area contributed by atoms with Crippen LogP contribution in [0.15, 0.2) is 41.1 Å². The van der Waals surface area contributed by atoms with Gasteiger partial charge in [0.25, 0.3) is 0 Å². The normalized spacial score (nSPS) is 17.0. The number of piperazine rings is 1. The monoisotopic (exact) mass is 390 g/mol. The number of aryl methyl sites for hydroxylation is 1. The number of hydrogen-bond acceptors (Lipinski definition) is 3. The predicted octanol–water partition coefficient (Wildman–Crippen LogP) is 2.86. The fourth-order valence-corrected chi connectivity index (χ4v) is 3.40. The molecular weight excluding hydrogens is 368 g/mol. The molecular formula is C18H23BrN4O. The molecule has 2 heterocycles. The van der Waals surface area contributed by atoms with Crippen molar-refractivity contribution < 1.29 is 4.79 Å². The highest BCUT2D eigenvalue weighted by Gasteiger charge is 2.26. The van der Waals surface area contributed by atoms with Crippen LogP contribution in [-0.2, 0) is 11.3 Å². The van der Waals surface area contributed by atoms with E-state index in [0.29, 0.717) is 0 Å². The van der Waals surface area contributed by atoms with Crippen LogP contribution >= 0.6 is 15.9 Å². The summed E-state index contributed by atoms with van der Waals surface area (Å²) in [6.07, 6.45) is 3.56. The molecule has 1 amide bonds. The minimum atomic E-state index is -0.264. The summed E-state index contributed by atoms with van der Waals surface area (Å²) in [4.78, 5) is 17.0. The lowest BCUT2D eigenvalue weighted by Crippen LogP contribution is -2.49. The van der Waals surface area contributed by atoms with E-state index in [9.17, 15) is 4.79 Å². The molecule has 128 valence electrons. The van der Waals surface area contributed by atoms with Crippen LogP contribution in [0.3, 0.4) is 0 Å². The average molecular weight is 391 g/mol. The number of amides is 1. The molecule has 6 heteroatoms. The van der Waals surface area contributed by atoms with Crippen molar-refractivity contribution in [2.45, 2.75) is 26.4 Å². The Morgan fingerprint density at radius 3 is 2.67 bits per heavy atom. The summed E-state index contributed by atoms with van der Waals surface area (Å²) >= 11 is 3.38. The van der Waals surface area contributed by atoms with E-state index in [1.165, 1.54) is 11.1 Å². The molecule has 1 atom stereocenters. The Bertz CT molecular complexity index is 707. The van der Waals surface area contributed by atoms with Crippen LogP contribution in [0, 0.1) is 6.92 Å². The van der Waals surface area contributed by atoms with E-state index in [-0.39, 0.29) is 11.9 Å². The molecule has 0 saturated carbocycles. The van der Waals surface area contributed by atoms with Gasteiger partial charge >= 0.3 is 0 Å². The van der Waals surface area contributed by atoms with Gasteiger partial charge in [-0.2, -0.15) is 5.10 Å². The van der Waals surface area contributed by atoms with Crippen molar-refractivity contribution in [1.82, 2.24) is 19.6 Å². The van der Waals surface area contributed by atoms with Gasteiger partial charge in [-0.05, 0) is 35.3 Å². The van der Waals surface area contributed by atoms with Crippen molar-refractivity contribution in [3.05, 3.63) is 52.3 Å². The van der Waals surface area contributed by atoms with E-state index in [1.54, 1.807) is 10.9 Å². The fourth-order valence-electron chi connectivity index (χ4n) is 3.10. The molecule has 1 aliphatic heterocycles. The van der Waals surface area contributed by atoms with E-state index >= 15 is 0 Å². The third kappa shape index (κ3) is 4.05. The summed E-state index contributed by atoms with van der Waals surface area (Å²) in [6.45, 7) is 8.35. The fraction of sp³-hybridized carbons (Fsp3) is 0.444. The summed E-state index contributed by atoms with van der Waals surface area (Å²) in [5, 5.41) is 4.22. The van der Waals surface area contributed by atoms with E-state index in [1.807, 2.05) is 18.0 Å². The first-order chi connectivity index (χ1) is 11.5. The lowest BCUT2D eigenvalue weighted by atomic mass is 10.1. The van der Waals surface area contributed by atoms with Crippen molar-refractivity contribution in [2.24, 2.45) is 0 Å². The maximum absolute atomic E-state index is 12.6. The number of nitrogens with zero attached hydrogens (tertiary/aromatic N) is 4. The summed E-state index contributed by atoms with van der Waals surface area (Å²) < 4.78 is 2.61. The molecule has 5 nitrogen and oxygen atoms in total. The molecule has 1 aliphatic rings. The van der Waals surface area contributed by atoms with Gasteiger partial charge < -0.3 is 4.90 Å². The Morgan fingerprint density at radius 2 is 2.04 bits per heavy atom. The lowest BCUT2D eigenvalue weighted by molar-refractivity contribution is -0.136. The van der Waals surface area contributed by atoms with E-state index in [2.05, 4.69) is 57.1 Å². The topological polar surface area (TPSA) is 41.4 Å². The van der Waals surface area contributed by atoms with Gasteiger partial charge in [0.05, 0.1) is 10.7 Å². The second-order valence-corrected chi connectivity index (χ2v) is 7.32. The highest BCUT2D eigenvalue weighted by molar-refractivity contribution is 9.10. The summed E-state index contributed by atoms with van der Waals surface area (Å²) in [7, 11) is 0. The second-order valence-electron chi connectivity index (χ2n) is 6.41. The largest absolute Gasteiger partial charge is 0.338 e. The molecule has 1 unspecified atom stereocenters. The quantitative estimate of drug-likeness (QED) is 0.805. The Morgan fingerprint density at radius 1 is 1.29 bits per heavy atom. The van der Waals surface area contributed by atoms with Crippen molar-refractivity contribution in [1.29, 1.82) is 0 Å². The minimum Gasteiger partial charge on any atom is -0.338 e. The molecule has 0 spiro atoms. The summed E-state index contributed by atoms with van der Waals surface area (Å²) in [5.74, 6) is 0.140. The molecule has 1 aromatic carbocycles. The average Bonchev–Trinajstić information content (AvgIpc) is 3.01. The highest BCUT2D eigenvalue weighted by Crippen LogP contribution is 2.16. The van der Waals surface area contributed by atoms with E-state index in [0.717, 1.165) is 37.2 Å². The van der Waals surface area contributed by atoms with Crippen LogP contribution in [0.4, 0.5) is 0 Å². The first kappa shape index (κ1) is 17.2. The zero-order valence-electron chi connectivity index (χ0n) is 14.2. The number of benzene rings is 1. The molecule has 2 aromatic rings. The smallest absolute Gasteiger partial charge is 0.247 e. The first-order valence-electron chi connectivity index (χ1n) is 8.29. The first-order valence-corrected chi connectivity index (χ1v) is 9.08. The van der Waals surface area contributed by atoms with Gasteiger partial charge in [0.2, 0.25) is 5.91 Å². The minimum absolute atomic E-state index is 0.140. The molecule has 3 rings (SSSR count). The molecule has 1 saturated heterocycles. The van der Waals surface area contributed by atoms with Gasteiger partial charge in [0, 0.05) is 38.9 Å². The number of aromatic nitrogens is 2. The SMILES string of the molecule is Cc1cccc(CN2CCN(C(=O)C(C)n3cc(Br)cn3)CC2)c1. The summed E-state index contributed by atoms with van der Waals surface area (Å²) in [6, 6.07) is 8.36. The van der Waals surface area contributed by atoms with Gasteiger partial charge in [0.1, 0.15) is 6.04 Å². The molecule has 0 aliphatic carbocycles. The Hall–Kier alpha value is -1.66. The Balaban J connectivity index is 1.53. The number of carbonyl (C=O) groups is 1. The van der Waals surface area contributed by atoms with E-state index in [4.69, 9.17) is 0 Å². The lowest BCUT2D eigenvalue weighted by Gasteiger charge is -2.36. The molecule has 24 heavy (non-hydrogen) atoms. The second kappa shape index (κ2) is 7.49. The van der Waals surface area contributed by atoms with Crippen LogP contribution < -0.4 is 0 Å². The maximum atomic E-state index is 12.6. The van der Waals surface area contributed by atoms with Crippen LogP contribution in [0.5, 0.6) is 0 Å². The van der Waals surface area contributed by atoms with Crippen LogP contribution in [0.25, 0.3) is 0 Å². The van der Waals surface area contributed by atoms with Crippen molar-refractivity contribution in [2.75, 3.05) is 26.2 Å². The number of hydrogen-bond donors (Lipinski definition) is 0. The van der Waals surface area contributed by atoms with Gasteiger partial charge in [-0.1, -0.05) is 29.8 Å². The van der Waals surface area contributed by atoms with Gasteiger partial charge in [-0.3, -0.25) is 14.4 Å². The third-order valence-corrected chi connectivity index (χ3v) is 4.91. The maximum Gasteiger partial charge on any atom is 0.247 e. The predicted molar refractivity (Wildman–Crippen MR) is 97.7 cm³/mol. The number of rotatable bonds is 4. The number of halogens is 1. The Kier molecular flexibility index (Phi) is 5.36.